The number of hydrogen-bond donors (Lipinski definition) is 1. The highest BCUT2D eigenvalue weighted by atomic mass is 32.2. The van der Waals surface area contributed by atoms with E-state index in [0.717, 1.165) is 5.75 Å². The lowest BCUT2D eigenvalue weighted by molar-refractivity contribution is 0.662. The fraction of sp³-hybridized carbons (Fsp3) is 0.333. The molecule has 106 valence electrons. The summed E-state index contributed by atoms with van der Waals surface area (Å²) in [6.45, 7) is 4.46. The average Bonchev–Trinajstić information content (AvgIpc) is 2.49. The topological polar surface area (TPSA) is 12.0 Å². The largest absolute Gasteiger partial charge is 0.312 e. The second-order valence-electron chi connectivity index (χ2n) is 5.29. The van der Waals surface area contributed by atoms with Crippen LogP contribution in [0.4, 0.5) is 0 Å². The van der Waals surface area contributed by atoms with Crippen molar-refractivity contribution in [1.29, 1.82) is 0 Å². The van der Waals surface area contributed by atoms with Crippen molar-refractivity contribution in [2.75, 3.05) is 12.8 Å². The second kappa shape index (κ2) is 7.51. The van der Waals surface area contributed by atoms with E-state index in [4.69, 9.17) is 0 Å². The molecule has 0 aliphatic heterocycles. The highest BCUT2D eigenvalue weighted by Crippen LogP contribution is 2.26. The Kier molecular flexibility index (Phi) is 5.69. The molecular formula is C18H23NS. The van der Waals surface area contributed by atoms with Gasteiger partial charge in [-0.3, -0.25) is 0 Å². The zero-order chi connectivity index (χ0) is 14.4. The van der Waals surface area contributed by atoms with Crippen LogP contribution in [0.2, 0.25) is 0 Å². The smallest absolute Gasteiger partial charge is 0.0412 e. The van der Waals surface area contributed by atoms with Crippen LogP contribution in [0.3, 0.4) is 0 Å². The van der Waals surface area contributed by atoms with Gasteiger partial charge in [0.15, 0.2) is 0 Å². The lowest BCUT2D eigenvalue weighted by Crippen LogP contribution is -2.18. The zero-order valence-corrected chi connectivity index (χ0v) is 13.3. The Labute approximate surface area is 126 Å². The fourth-order valence-corrected chi connectivity index (χ4v) is 3.21. The lowest BCUT2D eigenvalue weighted by atomic mass is 10.0. The molecule has 2 rings (SSSR count). The molecule has 0 aromatic heterocycles. The van der Waals surface area contributed by atoms with Crippen LogP contribution >= 0.6 is 11.8 Å². The molecule has 1 N–H and O–H groups in total. The summed E-state index contributed by atoms with van der Waals surface area (Å²) in [5.74, 6) is 1.64. The predicted octanol–water partition coefficient (Wildman–Crippen LogP) is 4.86. The van der Waals surface area contributed by atoms with Crippen molar-refractivity contribution in [3.05, 3.63) is 65.7 Å². The Bertz CT molecular complexity index is 505. The molecule has 0 spiro atoms. The van der Waals surface area contributed by atoms with Crippen LogP contribution in [0.1, 0.15) is 36.9 Å². The molecule has 2 heteroatoms. The Morgan fingerprint density at radius 1 is 0.900 bits per heavy atom. The van der Waals surface area contributed by atoms with Gasteiger partial charge in [-0.1, -0.05) is 56.3 Å². The Hall–Kier alpha value is -1.25. The SMILES string of the molecule is CNC(CSc1ccc(C(C)C)cc1)c1ccccc1. The van der Waals surface area contributed by atoms with Crippen LogP contribution in [0.15, 0.2) is 59.5 Å². The first kappa shape index (κ1) is 15.1. The van der Waals surface area contributed by atoms with E-state index in [9.17, 15) is 0 Å². The molecule has 2 aromatic carbocycles. The summed E-state index contributed by atoms with van der Waals surface area (Å²) in [6, 6.07) is 20.0. The van der Waals surface area contributed by atoms with E-state index >= 15 is 0 Å². The molecule has 0 amide bonds. The third-order valence-corrected chi connectivity index (χ3v) is 4.62. The number of rotatable bonds is 6. The van der Waals surface area contributed by atoms with Crippen molar-refractivity contribution >= 4 is 11.8 Å². The average molecular weight is 285 g/mol. The Balaban J connectivity index is 1.96. The van der Waals surface area contributed by atoms with Crippen molar-refractivity contribution in [3.8, 4) is 0 Å². The van der Waals surface area contributed by atoms with E-state index in [0.29, 0.717) is 12.0 Å². The van der Waals surface area contributed by atoms with Crippen molar-refractivity contribution in [2.24, 2.45) is 0 Å². The molecule has 1 unspecified atom stereocenters. The summed E-state index contributed by atoms with van der Waals surface area (Å²) < 4.78 is 0. The van der Waals surface area contributed by atoms with Crippen LogP contribution in [-0.4, -0.2) is 12.8 Å². The van der Waals surface area contributed by atoms with Gasteiger partial charge in [0.1, 0.15) is 0 Å². The molecule has 0 radical (unpaired) electrons. The quantitative estimate of drug-likeness (QED) is 0.760. The van der Waals surface area contributed by atoms with Gasteiger partial charge >= 0.3 is 0 Å². The third kappa shape index (κ3) is 4.12. The van der Waals surface area contributed by atoms with Crippen molar-refractivity contribution in [1.82, 2.24) is 5.32 Å². The van der Waals surface area contributed by atoms with E-state index in [-0.39, 0.29) is 0 Å². The molecule has 0 bridgehead atoms. The normalized spacial score (nSPS) is 12.6. The first-order valence-corrected chi connectivity index (χ1v) is 8.14. The number of nitrogens with one attached hydrogen (secondary N) is 1. The minimum Gasteiger partial charge on any atom is -0.312 e. The summed E-state index contributed by atoms with van der Waals surface area (Å²) in [7, 11) is 2.03. The van der Waals surface area contributed by atoms with Crippen molar-refractivity contribution < 1.29 is 0 Å². The summed E-state index contributed by atoms with van der Waals surface area (Å²) in [4.78, 5) is 1.34. The van der Waals surface area contributed by atoms with Gasteiger partial charge in [0.05, 0.1) is 0 Å². The molecule has 1 atom stereocenters. The lowest BCUT2D eigenvalue weighted by Gasteiger charge is -2.16. The van der Waals surface area contributed by atoms with E-state index in [1.54, 1.807) is 0 Å². The van der Waals surface area contributed by atoms with Gasteiger partial charge in [0.25, 0.3) is 0 Å². The van der Waals surface area contributed by atoms with E-state index in [2.05, 4.69) is 73.8 Å². The first-order valence-electron chi connectivity index (χ1n) is 7.15. The summed E-state index contributed by atoms with van der Waals surface area (Å²) in [5.41, 5.74) is 2.75. The fourth-order valence-electron chi connectivity index (χ4n) is 2.16. The Morgan fingerprint density at radius 2 is 1.55 bits per heavy atom. The van der Waals surface area contributed by atoms with Gasteiger partial charge in [0.2, 0.25) is 0 Å². The monoisotopic (exact) mass is 285 g/mol. The molecule has 0 aliphatic carbocycles. The molecule has 0 heterocycles. The van der Waals surface area contributed by atoms with Gasteiger partial charge < -0.3 is 5.32 Å². The second-order valence-corrected chi connectivity index (χ2v) is 6.38. The van der Waals surface area contributed by atoms with E-state index in [1.807, 2.05) is 18.8 Å². The summed E-state index contributed by atoms with van der Waals surface area (Å²) >= 11 is 1.91. The molecule has 1 nitrogen and oxygen atoms in total. The minimum atomic E-state index is 0.394. The summed E-state index contributed by atoms with van der Waals surface area (Å²) in [6.07, 6.45) is 0. The van der Waals surface area contributed by atoms with Gasteiger partial charge in [-0.15, -0.1) is 11.8 Å². The van der Waals surface area contributed by atoms with Gasteiger partial charge in [0, 0.05) is 16.7 Å². The molecule has 0 fully saturated rings. The van der Waals surface area contributed by atoms with Gasteiger partial charge in [-0.2, -0.15) is 0 Å². The van der Waals surface area contributed by atoms with Crippen LogP contribution in [0.5, 0.6) is 0 Å². The van der Waals surface area contributed by atoms with E-state index in [1.165, 1.54) is 16.0 Å². The van der Waals surface area contributed by atoms with E-state index < -0.39 is 0 Å². The summed E-state index contributed by atoms with van der Waals surface area (Å²) in [5, 5.41) is 3.40. The maximum atomic E-state index is 3.40. The molecule has 0 saturated heterocycles. The third-order valence-electron chi connectivity index (χ3n) is 3.51. The molecule has 0 aliphatic rings. The number of benzene rings is 2. The van der Waals surface area contributed by atoms with Crippen LogP contribution < -0.4 is 5.32 Å². The number of hydrogen-bond acceptors (Lipinski definition) is 2. The van der Waals surface area contributed by atoms with Crippen molar-refractivity contribution in [3.63, 3.8) is 0 Å². The van der Waals surface area contributed by atoms with Gasteiger partial charge in [-0.05, 0) is 36.2 Å². The highest BCUT2D eigenvalue weighted by molar-refractivity contribution is 7.99. The minimum absolute atomic E-state index is 0.394. The van der Waals surface area contributed by atoms with Crippen LogP contribution in [0.25, 0.3) is 0 Å². The van der Waals surface area contributed by atoms with Crippen LogP contribution in [-0.2, 0) is 0 Å². The standard InChI is InChI=1S/C18H23NS/c1-14(2)15-9-11-17(12-10-15)20-13-18(19-3)16-7-5-4-6-8-16/h4-12,14,18-19H,13H2,1-3H3. The van der Waals surface area contributed by atoms with Crippen LogP contribution in [0, 0.1) is 0 Å². The maximum Gasteiger partial charge on any atom is 0.0412 e. The Morgan fingerprint density at radius 3 is 2.10 bits per heavy atom. The molecule has 20 heavy (non-hydrogen) atoms. The highest BCUT2D eigenvalue weighted by Gasteiger charge is 2.09. The number of thioether (sulfide) groups is 1. The predicted molar refractivity (Wildman–Crippen MR) is 89.5 cm³/mol. The maximum absolute atomic E-state index is 3.40. The molecule has 0 saturated carbocycles. The van der Waals surface area contributed by atoms with Crippen molar-refractivity contribution in [2.45, 2.75) is 30.7 Å². The molecular weight excluding hydrogens is 262 g/mol. The zero-order valence-electron chi connectivity index (χ0n) is 12.5. The first-order chi connectivity index (χ1) is 9.70. The van der Waals surface area contributed by atoms with Gasteiger partial charge in [-0.25, -0.2) is 0 Å². The molecule has 2 aromatic rings.